The lowest BCUT2D eigenvalue weighted by atomic mass is 10.1. The summed E-state index contributed by atoms with van der Waals surface area (Å²) in [6.07, 6.45) is 0. The first-order chi connectivity index (χ1) is 12.9. The van der Waals surface area contributed by atoms with Crippen molar-refractivity contribution in [1.29, 1.82) is 5.26 Å². The maximum absolute atomic E-state index is 14.2. The van der Waals surface area contributed by atoms with Crippen molar-refractivity contribution in [2.24, 2.45) is 0 Å². The van der Waals surface area contributed by atoms with Crippen LogP contribution in [-0.2, 0) is 4.74 Å². The molecule has 6 heteroatoms. The lowest BCUT2D eigenvalue weighted by molar-refractivity contribution is 0.0604. The zero-order valence-electron chi connectivity index (χ0n) is 15.6. The lowest BCUT2D eigenvalue weighted by Gasteiger charge is -2.29. The average molecular weight is 365 g/mol. The number of nitriles is 1. The molecule has 3 rings (SSSR count). The van der Waals surface area contributed by atoms with E-state index in [0.29, 0.717) is 39.1 Å². The molecule has 3 aromatic rings. The molecule has 0 saturated heterocycles. The number of anilines is 2. The van der Waals surface area contributed by atoms with E-state index < -0.39 is 5.97 Å². The number of aromatic nitrogens is 1. The molecule has 1 heterocycles. The van der Waals surface area contributed by atoms with Crippen molar-refractivity contribution in [3.05, 3.63) is 58.9 Å². The predicted octanol–water partition coefficient (Wildman–Crippen LogP) is 4.82. The van der Waals surface area contributed by atoms with E-state index in [1.54, 1.807) is 31.2 Å². The van der Waals surface area contributed by atoms with Gasteiger partial charge >= 0.3 is 5.97 Å². The second-order valence-corrected chi connectivity index (χ2v) is 6.61. The van der Waals surface area contributed by atoms with E-state index in [1.165, 1.54) is 13.2 Å². The zero-order chi connectivity index (χ0) is 19.7. The molecule has 138 valence electrons. The molecule has 0 saturated carbocycles. The normalized spacial score (nSPS) is 10.9. The molecule has 0 fully saturated rings. The molecule has 0 aliphatic carbocycles. The Hall–Kier alpha value is -3.33. The molecule has 0 radical (unpaired) electrons. The van der Waals surface area contributed by atoms with E-state index in [-0.39, 0.29) is 11.9 Å². The summed E-state index contributed by atoms with van der Waals surface area (Å²) in [5.41, 5.74) is 2.63. The van der Waals surface area contributed by atoms with Gasteiger partial charge in [-0.25, -0.2) is 9.18 Å². The zero-order valence-corrected chi connectivity index (χ0v) is 15.6. The number of aryl methyl sites for hydroxylation is 1. The highest BCUT2D eigenvalue weighted by Crippen LogP contribution is 2.36. The predicted molar refractivity (Wildman–Crippen MR) is 103 cm³/mol. The molecule has 2 aromatic carbocycles. The van der Waals surface area contributed by atoms with E-state index in [2.05, 4.69) is 11.1 Å². The monoisotopic (exact) mass is 365 g/mol. The van der Waals surface area contributed by atoms with Crippen LogP contribution in [0, 0.1) is 24.1 Å². The molecule has 5 nitrogen and oxygen atoms in total. The van der Waals surface area contributed by atoms with Crippen LogP contribution >= 0.6 is 0 Å². The van der Waals surface area contributed by atoms with Crippen LogP contribution in [0.15, 0.2) is 36.4 Å². The molecule has 0 aliphatic heterocycles. The highest BCUT2D eigenvalue weighted by molar-refractivity contribution is 6.10. The number of halogens is 1. The Morgan fingerprint density at radius 3 is 2.59 bits per heavy atom. The van der Waals surface area contributed by atoms with E-state index in [9.17, 15) is 9.18 Å². The van der Waals surface area contributed by atoms with Gasteiger partial charge in [0.2, 0.25) is 0 Å². The van der Waals surface area contributed by atoms with Gasteiger partial charge in [-0.3, -0.25) is 0 Å². The first-order valence-corrected chi connectivity index (χ1v) is 8.57. The number of aromatic amines is 1. The Balaban J connectivity index is 2.29. The number of esters is 1. The summed E-state index contributed by atoms with van der Waals surface area (Å²) < 4.78 is 19.2. The van der Waals surface area contributed by atoms with Crippen LogP contribution in [0.5, 0.6) is 0 Å². The minimum Gasteiger partial charge on any atom is -0.465 e. The second-order valence-electron chi connectivity index (χ2n) is 6.61. The third-order valence-corrected chi connectivity index (χ3v) is 4.49. The van der Waals surface area contributed by atoms with Crippen molar-refractivity contribution >= 4 is 28.4 Å². The smallest absolute Gasteiger partial charge is 0.342 e. The van der Waals surface area contributed by atoms with Crippen molar-refractivity contribution in [3.63, 3.8) is 0 Å². The van der Waals surface area contributed by atoms with Crippen molar-refractivity contribution in [2.75, 3.05) is 12.0 Å². The summed E-state index contributed by atoms with van der Waals surface area (Å²) >= 11 is 0. The SMILES string of the molecule is COC(=O)c1c(N(c2ccc(C)c(F)c2)C(C)C)[nH]c2cc(C#N)ccc12. The van der Waals surface area contributed by atoms with Gasteiger partial charge in [0.25, 0.3) is 0 Å². The maximum Gasteiger partial charge on any atom is 0.342 e. The lowest BCUT2D eigenvalue weighted by Crippen LogP contribution is -2.27. The highest BCUT2D eigenvalue weighted by atomic mass is 19.1. The average Bonchev–Trinajstić information content (AvgIpc) is 3.01. The van der Waals surface area contributed by atoms with Crippen LogP contribution in [-0.4, -0.2) is 24.1 Å². The molecule has 0 aliphatic rings. The fourth-order valence-electron chi connectivity index (χ4n) is 3.16. The third-order valence-electron chi connectivity index (χ3n) is 4.49. The number of H-pyrrole nitrogens is 1. The van der Waals surface area contributed by atoms with Gasteiger partial charge < -0.3 is 14.6 Å². The number of nitrogens with one attached hydrogen (secondary N) is 1. The van der Waals surface area contributed by atoms with Crippen molar-refractivity contribution in [3.8, 4) is 6.07 Å². The van der Waals surface area contributed by atoms with Crippen LogP contribution in [0.3, 0.4) is 0 Å². The van der Waals surface area contributed by atoms with Crippen LogP contribution in [0.25, 0.3) is 10.9 Å². The molecule has 1 N–H and O–H groups in total. The number of carbonyl (C=O) groups is 1. The van der Waals surface area contributed by atoms with E-state index in [1.807, 2.05) is 24.8 Å². The molecule has 1 aromatic heterocycles. The number of hydrogen-bond donors (Lipinski definition) is 1. The van der Waals surface area contributed by atoms with Gasteiger partial charge in [0.15, 0.2) is 0 Å². The third kappa shape index (κ3) is 3.24. The molecule has 27 heavy (non-hydrogen) atoms. The first kappa shape index (κ1) is 18.5. The summed E-state index contributed by atoms with van der Waals surface area (Å²) in [6.45, 7) is 5.60. The Morgan fingerprint density at radius 1 is 1.26 bits per heavy atom. The van der Waals surface area contributed by atoms with Gasteiger partial charge in [0.1, 0.15) is 17.2 Å². The molecule has 0 atom stereocenters. The molecule has 0 spiro atoms. The van der Waals surface area contributed by atoms with Crippen molar-refractivity contribution in [2.45, 2.75) is 26.8 Å². The van der Waals surface area contributed by atoms with Gasteiger partial charge in [-0.05, 0) is 50.6 Å². The Morgan fingerprint density at radius 2 is 2.00 bits per heavy atom. The number of methoxy groups -OCH3 is 1. The van der Waals surface area contributed by atoms with Gasteiger partial charge in [0.05, 0.1) is 18.7 Å². The molecule has 0 unspecified atom stereocenters. The van der Waals surface area contributed by atoms with Crippen LogP contribution < -0.4 is 4.90 Å². The molecular weight excluding hydrogens is 345 g/mol. The highest BCUT2D eigenvalue weighted by Gasteiger charge is 2.26. The fraction of sp³-hybridized carbons (Fsp3) is 0.238. The number of fused-ring (bicyclic) bond motifs is 1. The van der Waals surface area contributed by atoms with Crippen LogP contribution in [0.2, 0.25) is 0 Å². The van der Waals surface area contributed by atoms with E-state index >= 15 is 0 Å². The second kappa shape index (κ2) is 7.12. The van der Waals surface area contributed by atoms with Gasteiger partial charge in [0, 0.05) is 22.6 Å². The number of nitrogens with zero attached hydrogens (tertiary/aromatic N) is 2. The number of rotatable bonds is 4. The van der Waals surface area contributed by atoms with Crippen molar-refractivity contribution < 1.29 is 13.9 Å². The summed E-state index contributed by atoms with van der Waals surface area (Å²) in [5, 5.41) is 9.80. The molecule has 0 bridgehead atoms. The Kier molecular flexibility index (Phi) is 4.87. The number of ether oxygens (including phenoxy) is 1. The minimum atomic E-state index is -0.501. The summed E-state index contributed by atoms with van der Waals surface area (Å²) in [5.74, 6) is -0.315. The minimum absolute atomic E-state index is 0.0704. The van der Waals surface area contributed by atoms with Crippen LogP contribution in [0.1, 0.15) is 35.3 Å². The van der Waals surface area contributed by atoms with Crippen LogP contribution in [0.4, 0.5) is 15.9 Å². The number of hydrogen-bond acceptors (Lipinski definition) is 4. The number of carbonyl (C=O) groups excluding carboxylic acids is 1. The first-order valence-electron chi connectivity index (χ1n) is 8.57. The van der Waals surface area contributed by atoms with E-state index in [4.69, 9.17) is 10.00 Å². The van der Waals surface area contributed by atoms with Gasteiger partial charge in [-0.1, -0.05) is 12.1 Å². The Labute approximate surface area is 157 Å². The molecule has 0 amide bonds. The largest absolute Gasteiger partial charge is 0.465 e. The van der Waals surface area contributed by atoms with E-state index in [0.717, 1.165) is 0 Å². The fourth-order valence-corrected chi connectivity index (χ4v) is 3.16. The quantitative estimate of drug-likeness (QED) is 0.673. The van der Waals surface area contributed by atoms with Gasteiger partial charge in [-0.15, -0.1) is 0 Å². The Bertz CT molecular complexity index is 1060. The summed E-state index contributed by atoms with van der Waals surface area (Å²) in [6, 6.07) is 12.0. The topological polar surface area (TPSA) is 69.1 Å². The summed E-state index contributed by atoms with van der Waals surface area (Å²) in [4.78, 5) is 17.6. The van der Waals surface area contributed by atoms with Crippen molar-refractivity contribution in [1.82, 2.24) is 4.98 Å². The maximum atomic E-state index is 14.2. The van der Waals surface area contributed by atoms with Gasteiger partial charge in [-0.2, -0.15) is 5.26 Å². The summed E-state index contributed by atoms with van der Waals surface area (Å²) in [7, 11) is 1.32. The number of benzene rings is 2. The standard InChI is InChI=1S/C21H20FN3O2/c1-12(2)25(15-7-5-13(3)17(22)10-15)20-19(21(26)27-4)16-8-6-14(11-23)9-18(16)24-20/h5-10,12,24H,1-4H3. The molecular formula is C21H20FN3O2.